The number of amides is 1. The highest BCUT2D eigenvalue weighted by Crippen LogP contribution is 2.29. The first-order valence-electron chi connectivity index (χ1n) is 8.26. The lowest BCUT2D eigenvalue weighted by atomic mass is 10.2. The number of likely N-dealkylation sites (N-methyl/N-ethyl adjacent to an activating group) is 1. The maximum Gasteiger partial charge on any atom is 0.260 e. The van der Waals surface area contributed by atoms with Crippen molar-refractivity contribution in [3.8, 4) is 5.75 Å². The van der Waals surface area contributed by atoms with Crippen LogP contribution in [0, 0.1) is 5.82 Å². The Labute approximate surface area is 156 Å². The Balaban J connectivity index is 1.70. The standard InChI is InChI=1S/C20H18ClFN2O2/c1-2-24(12-14-5-3-6-15(22)11-14)19(25)13-26-18-9-8-17(21)16-7-4-10-23-20(16)18/h3-11H,2,12-13H2,1H3. The highest BCUT2D eigenvalue weighted by molar-refractivity contribution is 6.35. The van der Waals surface area contributed by atoms with Gasteiger partial charge in [-0.05, 0) is 48.9 Å². The van der Waals surface area contributed by atoms with E-state index in [9.17, 15) is 9.18 Å². The van der Waals surface area contributed by atoms with E-state index in [1.54, 1.807) is 41.4 Å². The molecule has 0 radical (unpaired) electrons. The van der Waals surface area contributed by atoms with Gasteiger partial charge in [0.1, 0.15) is 17.1 Å². The van der Waals surface area contributed by atoms with Crippen molar-refractivity contribution in [1.29, 1.82) is 0 Å². The van der Waals surface area contributed by atoms with Crippen LogP contribution in [0.3, 0.4) is 0 Å². The molecule has 1 aromatic heterocycles. The number of pyridine rings is 1. The molecular formula is C20H18ClFN2O2. The second-order valence-corrected chi connectivity index (χ2v) is 6.18. The van der Waals surface area contributed by atoms with Gasteiger partial charge >= 0.3 is 0 Å². The van der Waals surface area contributed by atoms with Gasteiger partial charge in [-0.15, -0.1) is 0 Å². The third-order valence-corrected chi connectivity index (χ3v) is 4.36. The Morgan fingerprint density at radius 3 is 2.85 bits per heavy atom. The zero-order valence-corrected chi connectivity index (χ0v) is 15.0. The average Bonchev–Trinajstić information content (AvgIpc) is 2.65. The first kappa shape index (κ1) is 18.1. The summed E-state index contributed by atoms with van der Waals surface area (Å²) < 4.78 is 19.0. The summed E-state index contributed by atoms with van der Waals surface area (Å²) in [6, 6.07) is 13.3. The lowest BCUT2D eigenvalue weighted by Crippen LogP contribution is -2.34. The number of aromatic nitrogens is 1. The van der Waals surface area contributed by atoms with Crippen molar-refractivity contribution in [2.45, 2.75) is 13.5 Å². The molecule has 2 aromatic carbocycles. The van der Waals surface area contributed by atoms with E-state index in [4.69, 9.17) is 16.3 Å². The molecule has 3 aromatic rings. The minimum atomic E-state index is -0.319. The zero-order chi connectivity index (χ0) is 18.5. The summed E-state index contributed by atoms with van der Waals surface area (Å²) in [5, 5.41) is 1.35. The molecule has 0 fully saturated rings. The van der Waals surface area contributed by atoms with Crippen molar-refractivity contribution in [3.63, 3.8) is 0 Å². The molecule has 0 saturated heterocycles. The summed E-state index contributed by atoms with van der Waals surface area (Å²) in [6.07, 6.45) is 1.65. The largest absolute Gasteiger partial charge is 0.481 e. The fourth-order valence-electron chi connectivity index (χ4n) is 2.69. The molecule has 6 heteroatoms. The third kappa shape index (κ3) is 4.11. The minimum Gasteiger partial charge on any atom is -0.481 e. The molecule has 0 spiro atoms. The van der Waals surface area contributed by atoms with Crippen molar-refractivity contribution in [1.82, 2.24) is 9.88 Å². The molecule has 0 aliphatic carbocycles. The van der Waals surface area contributed by atoms with Crippen molar-refractivity contribution in [2.24, 2.45) is 0 Å². The van der Waals surface area contributed by atoms with Crippen LogP contribution in [0.2, 0.25) is 5.02 Å². The molecule has 0 aliphatic heterocycles. The first-order valence-corrected chi connectivity index (χ1v) is 8.64. The molecule has 1 heterocycles. The van der Waals surface area contributed by atoms with Crippen LogP contribution in [-0.2, 0) is 11.3 Å². The normalized spacial score (nSPS) is 10.7. The summed E-state index contributed by atoms with van der Waals surface area (Å²) in [4.78, 5) is 18.4. The number of carbonyl (C=O) groups is 1. The quantitative estimate of drug-likeness (QED) is 0.641. The van der Waals surface area contributed by atoms with Crippen LogP contribution in [0.15, 0.2) is 54.7 Å². The molecule has 0 atom stereocenters. The summed E-state index contributed by atoms with van der Waals surface area (Å²) in [7, 11) is 0. The maximum atomic E-state index is 13.3. The Hall–Kier alpha value is -2.66. The van der Waals surface area contributed by atoms with E-state index in [0.29, 0.717) is 29.4 Å². The lowest BCUT2D eigenvalue weighted by molar-refractivity contribution is -0.133. The fourth-order valence-corrected chi connectivity index (χ4v) is 2.91. The van der Waals surface area contributed by atoms with Crippen molar-refractivity contribution in [3.05, 3.63) is 71.1 Å². The van der Waals surface area contributed by atoms with Crippen LogP contribution in [0.25, 0.3) is 10.9 Å². The van der Waals surface area contributed by atoms with Crippen LogP contribution >= 0.6 is 11.6 Å². The van der Waals surface area contributed by atoms with Gasteiger partial charge in [0.15, 0.2) is 6.61 Å². The first-order chi connectivity index (χ1) is 12.6. The second-order valence-electron chi connectivity index (χ2n) is 5.77. The number of ether oxygens (including phenoxy) is 1. The van der Waals surface area contributed by atoms with Gasteiger partial charge in [-0.25, -0.2) is 4.39 Å². The number of hydrogen-bond donors (Lipinski definition) is 0. The van der Waals surface area contributed by atoms with Gasteiger partial charge in [-0.1, -0.05) is 23.7 Å². The predicted octanol–water partition coefficient (Wildman–Crippen LogP) is 4.45. The van der Waals surface area contributed by atoms with E-state index in [1.165, 1.54) is 12.1 Å². The number of fused-ring (bicyclic) bond motifs is 1. The molecule has 0 saturated carbocycles. The molecule has 26 heavy (non-hydrogen) atoms. The van der Waals surface area contributed by atoms with Crippen LogP contribution in [0.5, 0.6) is 5.75 Å². The molecule has 0 unspecified atom stereocenters. The maximum absolute atomic E-state index is 13.3. The Morgan fingerprint density at radius 2 is 2.08 bits per heavy atom. The highest BCUT2D eigenvalue weighted by atomic mass is 35.5. The molecule has 0 bridgehead atoms. The van der Waals surface area contributed by atoms with Gasteiger partial charge in [0.2, 0.25) is 0 Å². The molecule has 0 aliphatic rings. The van der Waals surface area contributed by atoms with Crippen LogP contribution in [0.1, 0.15) is 12.5 Å². The number of hydrogen-bond acceptors (Lipinski definition) is 3. The summed E-state index contributed by atoms with van der Waals surface area (Å²) in [5.41, 5.74) is 1.35. The Bertz CT molecular complexity index is 933. The van der Waals surface area contributed by atoms with Crippen LogP contribution in [0.4, 0.5) is 4.39 Å². The average molecular weight is 373 g/mol. The fraction of sp³-hybridized carbons (Fsp3) is 0.200. The van der Waals surface area contributed by atoms with E-state index < -0.39 is 0 Å². The summed E-state index contributed by atoms with van der Waals surface area (Å²) in [6.45, 7) is 2.57. The van der Waals surface area contributed by atoms with Gasteiger partial charge in [0.25, 0.3) is 5.91 Å². The van der Waals surface area contributed by atoms with Crippen molar-refractivity contribution in [2.75, 3.05) is 13.2 Å². The third-order valence-electron chi connectivity index (χ3n) is 4.03. The highest BCUT2D eigenvalue weighted by Gasteiger charge is 2.15. The molecular weight excluding hydrogens is 355 g/mol. The zero-order valence-electron chi connectivity index (χ0n) is 14.3. The number of rotatable bonds is 6. The van der Waals surface area contributed by atoms with Gasteiger partial charge in [-0.2, -0.15) is 0 Å². The summed E-state index contributed by atoms with van der Waals surface area (Å²) in [5.74, 6) is -0.00286. The number of benzene rings is 2. The topological polar surface area (TPSA) is 42.4 Å². The van der Waals surface area contributed by atoms with E-state index in [-0.39, 0.29) is 18.3 Å². The molecule has 134 valence electrons. The molecule has 4 nitrogen and oxygen atoms in total. The number of carbonyl (C=O) groups excluding carboxylic acids is 1. The lowest BCUT2D eigenvalue weighted by Gasteiger charge is -2.21. The van der Waals surface area contributed by atoms with E-state index in [2.05, 4.69) is 4.98 Å². The predicted molar refractivity (Wildman–Crippen MR) is 99.7 cm³/mol. The van der Waals surface area contributed by atoms with Crippen LogP contribution in [-0.4, -0.2) is 28.9 Å². The van der Waals surface area contributed by atoms with Crippen LogP contribution < -0.4 is 4.74 Å². The Kier molecular flexibility index (Phi) is 5.68. The monoisotopic (exact) mass is 372 g/mol. The smallest absolute Gasteiger partial charge is 0.260 e. The van der Waals surface area contributed by atoms with Gasteiger partial charge in [-0.3, -0.25) is 9.78 Å². The van der Waals surface area contributed by atoms with Crippen molar-refractivity contribution >= 4 is 28.4 Å². The minimum absolute atomic E-state index is 0.129. The second kappa shape index (κ2) is 8.15. The Morgan fingerprint density at radius 1 is 1.23 bits per heavy atom. The van der Waals surface area contributed by atoms with E-state index in [0.717, 1.165) is 10.9 Å². The summed E-state index contributed by atoms with van der Waals surface area (Å²) >= 11 is 6.17. The van der Waals surface area contributed by atoms with Gasteiger partial charge < -0.3 is 9.64 Å². The number of halogens is 2. The molecule has 1 amide bonds. The van der Waals surface area contributed by atoms with E-state index >= 15 is 0 Å². The molecule has 3 rings (SSSR count). The SMILES string of the molecule is CCN(Cc1cccc(F)c1)C(=O)COc1ccc(Cl)c2cccnc12. The van der Waals surface area contributed by atoms with E-state index in [1.807, 2.05) is 13.0 Å². The number of nitrogens with zero attached hydrogens (tertiary/aromatic N) is 2. The van der Waals surface area contributed by atoms with Gasteiger partial charge in [0, 0.05) is 24.7 Å². The van der Waals surface area contributed by atoms with Gasteiger partial charge in [0.05, 0.1) is 5.02 Å². The molecule has 0 N–H and O–H groups in total. The van der Waals surface area contributed by atoms with Crippen molar-refractivity contribution < 1.29 is 13.9 Å².